The third-order valence-corrected chi connectivity index (χ3v) is 5.94. The van der Waals surface area contributed by atoms with Gasteiger partial charge in [0.15, 0.2) is 0 Å². The molecule has 0 aliphatic carbocycles. The molecule has 2 aliphatic heterocycles. The van der Waals surface area contributed by atoms with Crippen molar-refractivity contribution in [2.75, 3.05) is 19.6 Å². The second-order valence-electron chi connectivity index (χ2n) is 5.99. The molecule has 0 spiro atoms. The topological polar surface area (TPSA) is 6.48 Å². The molecule has 0 amide bonds. The van der Waals surface area contributed by atoms with Gasteiger partial charge in [-0.1, -0.05) is 19.9 Å². The first kappa shape index (κ1) is 13.6. The summed E-state index contributed by atoms with van der Waals surface area (Å²) in [5.41, 5.74) is 0. The van der Waals surface area contributed by atoms with Gasteiger partial charge in [0.25, 0.3) is 0 Å². The lowest BCUT2D eigenvalue weighted by atomic mass is 10.00. The quantitative estimate of drug-likeness (QED) is 0.827. The molecule has 19 heavy (non-hydrogen) atoms. The lowest BCUT2D eigenvalue weighted by molar-refractivity contribution is 0.0172. The predicted octanol–water partition coefficient (Wildman–Crippen LogP) is 3.76. The molecule has 2 fully saturated rings. The van der Waals surface area contributed by atoms with E-state index in [1.54, 1.807) is 4.88 Å². The normalized spacial score (nSPS) is 30.4. The maximum atomic E-state index is 2.82. The summed E-state index contributed by atoms with van der Waals surface area (Å²) < 4.78 is 0. The lowest BCUT2D eigenvalue weighted by Gasteiger charge is -2.46. The molecule has 3 unspecified atom stereocenters. The van der Waals surface area contributed by atoms with Crippen molar-refractivity contribution in [3.05, 3.63) is 22.4 Å². The molecule has 3 heteroatoms. The number of piperazine rings is 1. The summed E-state index contributed by atoms with van der Waals surface area (Å²) in [5, 5.41) is 2.23. The highest BCUT2D eigenvalue weighted by Gasteiger charge is 2.38. The summed E-state index contributed by atoms with van der Waals surface area (Å²) in [6.07, 6.45) is 5.34. The Kier molecular flexibility index (Phi) is 4.25. The molecular weight excluding hydrogens is 252 g/mol. The van der Waals surface area contributed by atoms with Crippen LogP contribution in [-0.2, 0) is 0 Å². The van der Waals surface area contributed by atoms with E-state index in [9.17, 15) is 0 Å². The van der Waals surface area contributed by atoms with Crippen molar-refractivity contribution in [2.45, 2.75) is 57.7 Å². The Hall–Kier alpha value is -0.380. The molecule has 2 saturated heterocycles. The summed E-state index contributed by atoms with van der Waals surface area (Å²) >= 11 is 1.93. The molecule has 0 bridgehead atoms. The first-order chi connectivity index (χ1) is 9.33. The largest absolute Gasteiger partial charge is 0.298 e. The van der Waals surface area contributed by atoms with Crippen molar-refractivity contribution in [1.29, 1.82) is 0 Å². The van der Waals surface area contributed by atoms with E-state index in [1.165, 1.54) is 45.3 Å². The summed E-state index contributed by atoms with van der Waals surface area (Å²) in [5.74, 6) is 0. The van der Waals surface area contributed by atoms with Crippen molar-refractivity contribution in [2.24, 2.45) is 0 Å². The monoisotopic (exact) mass is 278 g/mol. The molecule has 3 heterocycles. The maximum absolute atomic E-state index is 2.82. The van der Waals surface area contributed by atoms with Crippen LogP contribution < -0.4 is 0 Å². The fraction of sp³-hybridized carbons (Fsp3) is 0.750. The van der Waals surface area contributed by atoms with Gasteiger partial charge in [0.05, 0.1) is 0 Å². The highest BCUT2D eigenvalue weighted by Crippen LogP contribution is 2.35. The summed E-state index contributed by atoms with van der Waals surface area (Å²) in [4.78, 5) is 7.12. The number of thiophene rings is 1. The number of fused-ring (bicyclic) bond motifs is 1. The van der Waals surface area contributed by atoms with E-state index < -0.39 is 0 Å². The van der Waals surface area contributed by atoms with Crippen LogP contribution in [0.1, 0.15) is 50.4 Å². The highest BCUT2D eigenvalue weighted by atomic mass is 32.1. The predicted molar refractivity (Wildman–Crippen MR) is 82.7 cm³/mol. The van der Waals surface area contributed by atoms with Gasteiger partial charge in [-0.2, -0.15) is 0 Å². The molecule has 3 atom stereocenters. The van der Waals surface area contributed by atoms with Crippen molar-refractivity contribution in [1.82, 2.24) is 9.80 Å². The van der Waals surface area contributed by atoms with E-state index in [-0.39, 0.29) is 0 Å². The Balaban J connectivity index is 1.80. The SMILES string of the molecule is CCC1CN2CCCC2CN1C(CC)c1cccs1. The highest BCUT2D eigenvalue weighted by molar-refractivity contribution is 7.10. The van der Waals surface area contributed by atoms with Crippen molar-refractivity contribution in [3.8, 4) is 0 Å². The molecule has 2 nitrogen and oxygen atoms in total. The third kappa shape index (κ3) is 2.61. The number of nitrogens with zero attached hydrogens (tertiary/aromatic N) is 2. The van der Waals surface area contributed by atoms with Crippen LogP contribution in [0.4, 0.5) is 0 Å². The summed E-state index contributed by atoms with van der Waals surface area (Å²) in [7, 11) is 0. The fourth-order valence-corrected chi connectivity index (χ4v) is 4.87. The van der Waals surface area contributed by atoms with Gasteiger partial charge in [-0.3, -0.25) is 9.80 Å². The van der Waals surface area contributed by atoms with E-state index in [0.717, 1.165) is 12.1 Å². The average molecular weight is 278 g/mol. The Morgan fingerprint density at radius 2 is 2.26 bits per heavy atom. The minimum absolute atomic E-state index is 0.646. The van der Waals surface area contributed by atoms with Gasteiger partial charge < -0.3 is 0 Å². The Morgan fingerprint density at radius 1 is 1.37 bits per heavy atom. The van der Waals surface area contributed by atoms with Crippen LogP contribution >= 0.6 is 11.3 Å². The van der Waals surface area contributed by atoms with Crippen molar-refractivity contribution < 1.29 is 0 Å². The minimum atomic E-state index is 0.646. The zero-order chi connectivity index (χ0) is 13.2. The third-order valence-electron chi connectivity index (χ3n) is 4.96. The van der Waals surface area contributed by atoms with Gasteiger partial charge in [0, 0.05) is 36.1 Å². The van der Waals surface area contributed by atoms with Crippen LogP contribution in [0.2, 0.25) is 0 Å². The van der Waals surface area contributed by atoms with E-state index in [4.69, 9.17) is 0 Å². The smallest absolute Gasteiger partial charge is 0.0443 e. The summed E-state index contributed by atoms with van der Waals surface area (Å²) in [6.45, 7) is 8.62. The van der Waals surface area contributed by atoms with Gasteiger partial charge in [0.2, 0.25) is 0 Å². The van der Waals surface area contributed by atoms with Gasteiger partial charge in [0.1, 0.15) is 0 Å². The van der Waals surface area contributed by atoms with Gasteiger partial charge >= 0.3 is 0 Å². The first-order valence-corrected chi connectivity index (χ1v) is 8.74. The standard InChI is InChI=1S/C16H26N2S/c1-3-13-11-17-9-5-7-14(17)12-18(13)15(4-2)16-8-6-10-19-16/h6,8,10,13-15H,3-5,7,9,11-12H2,1-2H3. The van der Waals surface area contributed by atoms with E-state index in [1.807, 2.05) is 11.3 Å². The van der Waals surface area contributed by atoms with Crippen LogP contribution in [0.25, 0.3) is 0 Å². The van der Waals surface area contributed by atoms with E-state index >= 15 is 0 Å². The van der Waals surface area contributed by atoms with Gasteiger partial charge in [-0.15, -0.1) is 11.3 Å². The van der Waals surface area contributed by atoms with Crippen LogP contribution in [0.15, 0.2) is 17.5 Å². The number of hydrogen-bond acceptors (Lipinski definition) is 3. The molecule has 0 saturated carbocycles. The molecule has 3 rings (SSSR count). The van der Waals surface area contributed by atoms with E-state index in [0.29, 0.717) is 6.04 Å². The maximum Gasteiger partial charge on any atom is 0.0443 e. The van der Waals surface area contributed by atoms with Crippen LogP contribution in [0, 0.1) is 0 Å². The molecule has 1 aromatic rings. The number of rotatable bonds is 4. The number of hydrogen-bond donors (Lipinski definition) is 0. The summed E-state index contributed by atoms with van der Waals surface area (Å²) in [6, 6.07) is 6.76. The molecule has 2 aliphatic rings. The second kappa shape index (κ2) is 5.94. The molecule has 106 valence electrons. The van der Waals surface area contributed by atoms with Crippen molar-refractivity contribution >= 4 is 11.3 Å². The lowest BCUT2D eigenvalue weighted by Crippen LogP contribution is -2.56. The fourth-order valence-electron chi connectivity index (χ4n) is 3.94. The second-order valence-corrected chi connectivity index (χ2v) is 6.97. The zero-order valence-corrected chi connectivity index (χ0v) is 13.0. The Morgan fingerprint density at radius 3 is 2.95 bits per heavy atom. The van der Waals surface area contributed by atoms with Gasteiger partial charge in [-0.05, 0) is 43.7 Å². The van der Waals surface area contributed by atoms with Crippen LogP contribution in [0.5, 0.6) is 0 Å². The van der Waals surface area contributed by atoms with Crippen LogP contribution in [-0.4, -0.2) is 41.5 Å². The van der Waals surface area contributed by atoms with Gasteiger partial charge in [-0.25, -0.2) is 0 Å². The molecule has 0 radical (unpaired) electrons. The van der Waals surface area contributed by atoms with Crippen LogP contribution in [0.3, 0.4) is 0 Å². The van der Waals surface area contributed by atoms with E-state index in [2.05, 4.69) is 41.2 Å². The molecular formula is C16H26N2S. The zero-order valence-electron chi connectivity index (χ0n) is 12.2. The molecule has 0 N–H and O–H groups in total. The first-order valence-electron chi connectivity index (χ1n) is 7.86. The minimum Gasteiger partial charge on any atom is -0.298 e. The molecule has 1 aromatic heterocycles. The van der Waals surface area contributed by atoms with Crippen molar-refractivity contribution in [3.63, 3.8) is 0 Å². The molecule has 0 aromatic carbocycles. The average Bonchev–Trinajstić information content (AvgIpc) is 3.09. The Labute approximate surface area is 121 Å². The Bertz CT molecular complexity index is 389.